The van der Waals surface area contributed by atoms with E-state index in [1.54, 1.807) is 7.11 Å². The second-order valence-corrected chi connectivity index (χ2v) is 4.98. The third kappa shape index (κ3) is 2.86. The van der Waals surface area contributed by atoms with E-state index >= 15 is 0 Å². The van der Waals surface area contributed by atoms with Crippen LogP contribution >= 0.6 is 0 Å². The third-order valence-electron chi connectivity index (χ3n) is 3.62. The molecule has 1 heterocycles. The Morgan fingerprint density at radius 1 is 1.05 bits per heavy atom. The number of rotatable bonds is 4. The zero-order chi connectivity index (χ0) is 13.8. The molecule has 0 saturated carbocycles. The summed E-state index contributed by atoms with van der Waals surface area (Å²) < 4.78 is 10.4. The Balaban J connectivity index is 1.84. The predicted molar refractivity (Wildman–Crippen MR) is 81.5 cm³/mol. The molecular formula is C16H20N2O2. The predicted octanol–water partition coefficient (Wildman–Crippen LogP) is 2.23. The van der Waals surface area contributed by atoms with Crippen molar-refractivity contribution in [3.63, 3.8) is 0 Å². The maximum Gasteiger partial charge on any atom is 0.188 e. The number of fused-ring (bicyclic) bond motifs is 1. The van der Waals surface area contributed by atoms with E-state index in [1.165, 1.54) is 16.5 Å². The minimum absolute atomic E-state index is 0.282. The molecule has 4 nitrogen and oxygen atoms in total. The van der Waals surface area contributed by atoms with E-state index in [9.17, 15) is 0 Å². The van der Waals surface area contributed by atoms with E-state index in [0.717, 1.165) is 31.9 Å². The van der Waals surface area contributed by atoms with Crippen LogP contribution in [0, 0.1) is 0 Å². The van der Waals surface area contributed by atoms with Crippen molar-refractivity contribution in [2.24, 2.45) is 0 Å². The molecule has 1 saturated heterocycles. The summed E-state index contributed by atoms with van der Waals surface area (Å²) in [7, 11) is 1.63. The van der Waals surface area contributed by atoms with E-state index in [2.05, 4.69) is 40.5 Å². The fraction of sp³-hybridized carbons (Fsp3) is 0.375. The molecule has 0 spiro atoms. The molecule has 1 aliphatic heterocycles. The van der Waals surface area contributed by atoms with Gasteiger partial charge in [-0.1, -0.05) is 12.1 Å². The topological polar surface area (TPSA) is 33.7 Å². The van der Waals surface area contributed by atoms with Gasteiger partial charge in [-0.2, -0.15) is 0 Å². The summed E-state index contributed by atoms with van der Waals surface area (Å²) >= 11 is 0. The summed E-state index contributed by atoms with van der Waals surface area (Å²) in [6, 6.07) is 12.7. The first-order chi connectivity index (χ1) is 9.86. The van der Waals surface area contributed by atoms with Crippen molar-refractivity contribution in [2.75, 3.05) is 45.0 Å². The highest BCUT2D eigenvalue weighted by molar-refractivity contribution is 5.87. The Labute approximate surface area is 119 Å². The Morgan fingerprint density at radius 2 is 1.80 bits per heavy atom. The number of nitrogens with zero attached hydrogens (tertiary/aromatic N) is 1. The Bertz CT molecular complexity index is 580. The molecule has 0 atom stereocenters. The quantitative estimate of drug-likeness (QED) is 0.865. The number of anilines is 1. The van der Waals surface area contributed by atoms with Gasteiger partial charge in [0.1, 0.15) is 5.75 Å². The molecule has 0 unspecified atom stereocenters. The van der Waals surface area contributed by atoms with Gasteiger partial charge in [-0.3, -0.25) is 0 Å². The van der Waals surface area contributed by atoms with Crippen LogP contribution in [0.4, 0.5) is 5.69 Å². The van der Waals surface area contributed by atoms with Gasteiger partial charge in [0, 0.05) is 39.0 Å². The first-order valence-corrected chi connectivity index (χ1v) is 6.98. The van der Waals surface area contributed by atoms with Gasteiger partial charge in [-0.15, -0.1) is 0 Å². The zero-order valence-corrected chi connectivity index (χ0v) is 11.8. The number of benzene rings is 2. The van der Waals surface area contributed by atoms with E-state index in [1.807, 2.05) is 6.07 Å². The van der Waals surface area contributed by atoms with Gasteiger partial charge in [0.15, 0.2) is 6.79 Å². The van der Waals surface area contributed by atoms with Crippen LogP contribution in [0.15, 0.2) is 36.4 Å². The molecule has 0 aromatic heterocycles. The van der Waals surface area contributed by atoms with Crippen molar-refractivity contribution >= 4 is 16.5 Å². The Hall–Kier alpha value is -1.78. The molecule has 2 aromatic rings. The lowest BCUT2D eigenvalue weighted by Crippen LogP contribution is -2.43. The van der Waals surface area contributed by atoms with Gasteiger partial charge < -0.3 is 19.7 Å². The minimum Gasteiger partial charge on any atom is -0.468 e. The summed E-state index contributed by atoms with van der Waals surface area (Å²) in [5.41, 5.74) is 1.30. The van der Waals surface area contributed by atoms with Crippen LogP contribution in [0.25, 0.3) is 10.8 Å². The number of ether oxygens (including phenoxy) is 2. The van der Waals surface area contributed by atoms with Crippen LogP contribution in [0.1, 0.15) is 0 Å². The second-order valence-electron chi connectivity index (χ2n) is 4.98. The summed E-state index contributed by atoms with van der Waals surface area (Å²) in [5.74, 6) is 0.842. The van der Waals surface area contributed by atoms with Gasteiger partial charge in [-0.25, -0.2) is 0 Å². The van der Waals surface area contributed by atoms with Crippen molar-refractivity contribution in [3.05, 3.63) is 36.4 Å². The maximum atomic E-state index is 5.47. The fourth-order valence-corrected chi connectivity index (χ4v) is 2.55. The van der Waals surface area contributed by atoms with Crippen molar-refractivity contribution < 1.29 is 9.47 Å². The maximum absolute atomic E-state index is 5.47. The first-order valence-electron chi connectivity index (χ1n) is 6.98. The molecule has 0 bridgehead atoms. The number of nitrogens with one attached hydrogen (secondary N) is 1. The average Bonchev–Trinajstić information content (AvgIpc) is 2.53. The lowest BCUT2D eigenvalue weighted by molar-refractivity contribution is 0.0512. The molecule has 106 valence electrons. The standard InChI is InChI=1S/C16H20N2O2/c1-19-12-20-16-5-3-13-10-15(4-2-14(13)11-16)18-8-6-17-7-9-18/h2-5,10-11,17H,6-9,12H2,1H3. The lowest BCUT2D eigenvalue weighted by Gasteiger charge is -2.29. The number of hydrogen-bond donors (Lipinski definition) is 1. The molecule has 2 aromatic carbocycles. The smallest absolute Gasteiger partial charge is 0.188 e. The van der Waals surface area contributed by atoms with E-state index in [0.29, 0.717) is 0 Å². The molecule has 1 N–H and O–H groups in total. The molecular weight excluding hydrogens is 252 g/mol. The fourth-order valence-electron chi connectivity index (χ4n) is 2.55. The minimum atomic E-state index is 0.282. The van der Waals surface area contributed by atoms with Crippen LogP contribution in [-0.4, -0.2) is 40.1 Å². The number of piperazine rings is 1. The van der Waals surface area contributed by atoms with Gasteiger partial charge in [0.05, 0.1) is 0 Å². The molecule has 0 aliphatic carbocycles. The average molecular weight is 272 g/mol. The number of methoxy groups -OCH3 is 1. The van der Waals surface area contributed by atoms with Gasteiger partial charge >= 0.3 is 0 Å². The monoisotopic (exact) mass is 272 g/mol. The van der Waals surface area contributed by atoms with Crippen LogP contribution in [0.5, 0.6) is 5.75 Å². The molecule has 20 heavy (non-hydrogen) atoms. The van der Waals surface area contributed by atoms with E-state index < -0.39 is 0 Å². The van der Waals surface area contributed by atoms with E-state index in [4.69, 9.17) is 9.47 Å². The van der Waals surface area contributed by atoms with Gasteiger partial charge in [-0.05, 0) is 35.0 Å². The van der Waals surface area contributed by atoms with Crippen LogP contribution in [0.3, 0.4) is 0 Å². The summed E-state index contributed by atoms with van der Waals surface area (Å²) in [4.78, 5) is 2.42. The van der Waals surface area contributed by atoms with Crippen LogP contribution < -0.4 is 15.0 Å². The molecule has 1 fully saturated rings. The van der Waals surface area contributed by atoms with Crippen molar-refractivity contribution in [2.45, 2.75) is 0 Å². The highest BCUT2D eigenvalue weighted by Crippen LogP contribution is 2.26. The Morgan fingerprint density at radius 3 is 2.60 bits per heavy atom. The zero-order valence-electron chi connectivity index (χ0n) is 11.8. The molecule has 4 heteroatoms. The summed E-state index contributed by atoms with van der Waals surface area (Å²) in [6.07, 6.45) is 0. The van der Waals surface area contributed by atoms with Gasteiger partial charge in [0.2, 0.25) is 0 Å². The lowest BCUT2D eigenvalue weighted by atomic mass is 10.1. The molecule has 1 aliphatic rings. The van der Waals surface area contributed by atoms with Crippen molar-refractivity contribution in [3.8, 4) is 5.75 Å². The largest absolute Gasteiger partial charge is 0.468 e. The van der Waals surface area contributed by atoms with E-state index in [-0.39, 0.29) is 6.79 Å². The first kappa shape index (κ1) is 13.2. The highest BCUT2D eigenvalue weighted by Gasteiger charge is 2.10. The Kier molecular flexibility index (Phi) is 4.04. The van der Waals surface area contributed by atoms with Crippen molar-refractivity contribution in [1.82, 2.24) is 5.32 Å². The summed E-state index contributed by atoms with van der Waals surface area (Å²) in [5, 5.41) is 5.81. The molecule has 0 amide bonds. The normalized spacial score (nSPS) is 15.6. The highest BCUT2D eigenvalue weighted by atomic mass is 16.7. The molecule has 3 rings (SSSR count). The van der Waals surface area contributed by atoms with Crippen LogP contribution in [-0.2, 0) is 4.74 Å². The van der Waals surface area contributed by atoms with Gasteiger partial charge in [0.25, 0.3) is 0 Å². The van der Waals surface area contributed by atoms with Crippen LogP contribution in [0.2, 0.25) is 0 Å². The third-order valence-corrected chi connectivity index (χ3v) is 3.62. The number of hydrogen-bond acceptors (Lipinski definition) is 4. The van der Waals surface area contributed by atoms with Crippen molar-refractivity contribution in [1.29, 1.82) is 0 Å². The SMILES string of the molecule is COCOc1ccc2cc(N3CCNCC3)ccc2c1. The molecule has 0 radical (unpaired) electrons. The summed E-state index contributed by atoms with van der Waals surface area (Å²) in [6.45, 7) is 4.54. The second kappa shape index (κ2) is 6.11.